The van der Waals surface area contributed by atoms with Crippen LogP contribution in [0.5, 0.6) is 0 Å². The van der Waals surface area contributed by atoms with Crippen LogP contribution in [-0.4, -0.2) is 6.04 Å². The molecule has 0 saturated heterocycles. The Hall–Kier alpha value is -0.0400. The van der Waals surface area contributed by atoms with Crippen molar-refractivity contribution in [1.82, 2.24) is 0 Å². The Morgan fingerprint density at radius 1 is 1.10 bits per heavy atom. The zero-order valence-electron chi connectivity index (χ0n) is 7.56. The lowest BCUT2D eigenvalue weighted by molar-refractivity contribution is 0.375. The zero-order valence-corrected chi connectivity index (χ0v) is 7.56. The van der Waals surface area contributed by atoms with E-state index in [0.717, 1.165) is 5.92 Å². The smallest absolute Gasteiger partial charge is 0.00668 e. The fourth-order valence-corrected chi connectivity index (χ4v) is 1.46. The number of hydrogen-bond donors (Lipinski definition) is 1. The summed E-state index contributed by atoms with van der Waals surface area (Å²) in [5, 5.41) is 0. The van der Waals surface area contributed by atoms with E-state index in [-0.39, 0.29) is 0 Å². The van der Waals surface area contributed by atoms with Crippen molar-refractivity contribution < 1.29 is 0 Å². The minimum Gasteiger partial charge on any atom is -0.327 e. The minimum absolute atomic E-state index is 0.444. The molecule has 0 aromatic heterocycles. The molecule has 0 amide bonds. The van der Waals surface area contributed by atoms with Gasteiger partial charge in [-0.1, -0.05) is 40.0 Å². The lowest BCUT2D eigenvalue weighted by Gasteiger charge is -2.19. The summed E-state index contributed by atoms with van der Waals surface area (Å²) >= 11 is 0. The molecule has 2 N–H and O–H groups in total. The normalized spacial score (nSPS) is 14.1. The van der Waals surface area contributed by atoms with Gasteiger partial charge in [0, 0.05) is 6.04 Å². The molecule has 0 bridgehead atoms. The maximum absolute atomic E-state index is 5.95. The van der Waals surface area contributed by atoms with Gasteiger partial charge in [-0.3, -0.25) is 0 Å². The van der Waals surface area contributed by atoms with Crippen LogP contribution < -0.4 is 5.73 Å². The van der Waals surface area contributed by atoms with E-state index in [9.17, 15) is 0 Å². The molecule has 62 valence electrons. The third-order valence-corrected chi connectivity index (χ3v) is 2.28. The van der Waals surface area contributed by atoms with Crippen molar-refractivity contribution in [3.8, 4) is 0 Å². The molecule has 0 aromatic rings. The van der Waals surface area contributed by atoms with Crippen LogP contribution in [0.1, 0.15) is 46.5 Å². The Balaban J connectivity index is 3.53. The summed E-state index contributed by atoms with van der Waals surface area (Å²) < 4.78 is 0. The molecule has 0 heterocycles. The van der Waals surface area contributed by atoms with Crippen LogP contribution in [0.3, 0.4) is 0 Å². The van der Waals surface area contributed by atoms with Crippen molar-refractivity contribution in [2.24, 2.45) is 11.7 Å². The summed E-state index contributed by atoms with van der Waals surface area (Å²) in [6.45, 7) is 6.65. The summed E-state index contributed by atoms with van der Waals surface area (Å²) in [5.74, 6) is 0.750. The van der Waals surface area contributed by atoms with Gasteiger partial charge in [-0.15, -0.1) is 0 Å². The van der Waals surface area contributed by atoms with Crippen molar-refractivity contribution in [2.45, 2.75) is 52.5 Å². The van der Waals surface area contributed by atoms with E-state index >= 15 is 0 Å². The molecule has 0 fully saturated rings. The van der Waals surface area contributed by atoms with Crippen molar-refractivity contribution in [1.29, 1.82) is 0 Å². The van der Waals surface area contributed by atoms with Gasteiger partial charge < -0.3 is 5.73 Å². The van der Waals surface area contributed by atoms with Gasteiger partial charge in [0.25, 0.3) is 0 Å². The van der Waals surface area contributed by atoms with Crippen molar-refractivity contribution in [3.05, 3.63) is 0 Å². The summed E-state index contributed by atoms with van der Waals surface area (Å²) in [6, 6.07) is 0.444. The second-order valence-corrected chi connectivity index (χ2v) is 3.03. The van der Waals surface area contributed by atoms with Crippen LogP contribution in [-0.2, 0) is 0 Å². The van der Waals surface area contributed by atoms with Crippen molar-refractivity contribution >= 4 is 0 Å². The topological polar surface area (TPSA) is 26.0 Å². The predicted molar refractivity (Wildman–Crippen MR) is 47.0 cm³/mol. The van der Waals surface area contributed by atoms with E-state index in [2.05, 4.69) is 20.8 Å². The molecule has 0 aliphatic carbocycles. The fraction of sp³-hybridized carbons (Fsp3) is 1.00. The SMILES string of the molecule is CCCC(N)C(CC)CC. The van der Waals surface area contributed by atoms with E-state index in [1.807, 2.05) is 0 Å². The molecule has 1 unspecified atom stereocenters. The van der Waals surface area contributed by atoms with Crippen LogP contribution >= 0.6 is 0 Å². The molecule has 1 nitrogen and oxygen atoms in total. The van der Waals surface area contributed by atoms with Crippen molar-refractivity contribution in [2.75, 3.05) is 0 Å². The average Bonchev–Trinajstić information content (AvgIpc) is 1.91. The Morgan fingerprint density at radius 3 is 1.90 bits per heavy atom. The van der Waals surface area contributed by atoms with Gasteiger partial charge in [-0.25, -0.2) is 0 Å². The molecular formula is C9H21N. The molecule has 0 aliphatic rings. The standard InChI is InChI=1S/C9H21N/c1-4-7-9(10)8(5-2)6-3/h8-9H,4-7,10H2,1-3H3. The lowest BCUT2D eigenvalue weighted by Crippen LogP contribution is -2.28. The van der Waals surface area contributed by atoms with Gasteiger partial charge in [0.2, 0.25) is 0 Å². The first-order chi connectivity index (χ1) is 4.76. The summed E-state index contributed by atoms with van der Waals surface area (Å²) in [7, 11) is 0. The quantitative estimate of drug-likeness (QED) is 0.629. The maximum atomic E-state index is 5.95. The molecule has 0 saturated carbocycles. The fourth-order valence-electron chi connectivity index (χ4n) is 1.46. The third-order valence-electron chi connectivity index (χ3n) is 2.28. The van der Waals surface area contributed by atoms with Gasteiger partial charge in [0.15, 0.2) is 0 Å². The average molecular weight is 143 g/mol. The van der Waals surface area contributed by atoms with Gasteiger partial charge in [0.1, 0.15) is 0 Å². The zero-order chi connectivity index (χ0) is 7.98. The number of hydrogen-bond acceptors (Lipinski definition) is 1. The molecule has 1 atom stereocenters. The maximum Gasteiger partial charge on any atom is 0.00668 e. The van der Waals surface area contributed by atoms with E-state index in [0.29, 0.717) is 6.04 Å². The van der Waals surface area contributed by atoms with Gasteiger partial charge >= 0.3 is 0 Å². The summed E-state index contributed by atoms with van der Waals surface area (Å²) in [5.41, 5.74) is 5.95. The molecule has 0 radical (unpaired) electrons. The third kappa shape index (κ3) is 3.21. The van der Waals surface area contributed by atoms with Crippen LogP contribution in [0.2, 0.25) is 0 Å². The van der Waals surface area contributed by atoms with E-state index < -0.39 is 0 Å². The van der Waals surface area contributed by atoms with Gasteiger partial charge in [-0.2, -0.15) is 0 Å². The molecule has 0 rings (SSSR count). The molecule has 1 heteroatoms. The first-order valence-electron chi connectivity index (χ1n) is 4.51. The first-order valence-corrected chi connectivity index (χ1v) is 4.51. The second-order valence-electron chi connectivity index (χ2n) is 3.03. The van der Waals surface area contributed by atoms with Crippen LogP contribution in [0.4, 0.5) is 0 Å². The molecule has 0 aromatic carbocycles. The van der Waals surface area contributed by atoms with Gasteiger partial charge in [0.05, 0.1) is 0 Å². The van der Waals surface area contributed by atoms with Crippen LogP contribution in [0, 0.1) is 5.92 Å². The monoisotopic (exact) mass is 143 g/mol. The summed E-state index contributed by atoms with van der Waals surface area (Å²) in [6.07, 6.45) is 4.87. The molecular weight excluding hydrogens is 122 g/mol. The van der Waals surface area contributed by atoms with Crippen LogP contribution in [0.15, 0.2) is 0 Å². The number of nitrogens with two attached hydrogens (primary N) is 1. The summed E-state index contributed by atoms with van der Waals surface area (Å²) in [4.78, 5) is 0. The second kappa shape index (κ2) is 5.72. The largest absolute Gasteiger partial charge is 0.327 e. The van der Waals surface area contributed by atoms with E-state index in [4.69, 9.17) is 5.73 Å². The number of rotatable bonds is 5. The van der Waals surface area contributed by atoms with E-state index in [1.165, 1.54) is 25.7 Å². The highest BCUT2D eigenvalue weighted by Gasteiger charge is 2.11. The lowest BCUT2D eigenvalue weighted by atomic mass is 9.92. The molecule has 0 spiro atoms. The van der Waals surface area contributed by atoms with E-state index in [1.54, 1.807) is 0 Å². The predicted octanol–water partition coefficient (Wildman–Crippen LogP) is 2.55. The Kier molecular flexibility index (Phi) is 5.70. The Bertz CT molecular complexity index is 67.1. The Labute approximate surface area is 65.0 Å². The minimum atomic E-state index is 0.444. The Morgan fingerprint density at radius 2 is 1.60 bits per heavy atom. The van der Waals surface area contributed by atoms with Crippen molar-refractivity contribution in [3.63, 3.8) is 0 Å². The first kappa shape index (κ1) is 9.96. The highest BCUT2D eigenvalue weighted by molar-refractivity contribution is 4.69. The van der Waals surface area contributed by atoms with Crippen LogP contribution in [0.25, 0.3) is 0 Å². The highest BCUT2D eigenvalue weighted by Crippen LogP contribution is 2.14. The van der Waals surface area contributed by atoms with Gasteiger partial charge in [-0.05, 0) is 12.3 Å². The molecule has 10 heavy (non-hydrogen) atoms. The molecule has 0 aliphatic heterocycles. The highest BCUT2D eigenvalue weighted by atomic mass is 14.6.